The predicted molar refractivity (Wildman–Crippen MR) is 74.1 cm³/mol. The van der Waals surface area contributed by atoms with E-state index in [9.17, 15) is 4.79 Å². The number of carboxylic acids is 1. The summed E-state index contributed by atoms with van der Waals surface area (Å²) in [7, 11) is 0. The SMILES string of the molecule is CCc1cccc(CC)c1N(CCN)CC(=O)O. The fraction of sp³-hybridized carbons (Fsp3) is 0.500. The van der Waals surface area contributed by atoms with Crippen LogP contribution in [0.1, 0.15) is 25.0 Å². The number of hydrogen-bond acceptors (Lipinski definition) is 3. The Morgan fingerprint density at radius 3 is 2.22 bits per heavy atom. The highest BCUT2D eigenvalue weighted by atomic mass is 16.4. The molecule has 1 rings (SSSR count). The molecule has 100 valence electrons. The van der Waals surface area contributed by atoms with Crippen LogP contribution in [0.2, 0.25) is 0 Å². The van der Waals surface area contributed by atoms with Gasteiger partial charge in [-0.1, -0.05) is 32.0 Å². The first kappa shape index (κ1) is 14.5. The number of hydrogen-bond donors (Lipinski definition) is 2. The van der Waals surface area contributed by atoms with E-state index in [1.54, 1.807) is 0 Å². The smallest absolute Gasteiger partial charge is 0.323 e. The second kappa shape index (κ2) is 7.01. The Bertz CT molecular complexity index is 383. The molecule has 3 N–H and O–H groups in total. The molecule has 0 saturated carbocycles. The van der Waals surface area contributed by atoms with Crippen molar-refractivity contribution in [1.29, 1.82) is 0 Å². The third kappa shape index (κ3) is 3.47. The Hall–Kier alpha value is -1.55. The van der Waals surface area contributed by atoms with Crippen molar-refractivity contribution < 1.29 is 9.90 Å². The van der Waals surface area contributed by atoms with E-state index >= 15 is 0 Å². The summed E-state index contributed by atoms with van der Waals surface area (Å²) in [5, 5.41) is 9.02. The summed E-state index contributed by atoms with van der Waals surface area (Å²) in [6.07, 6.45) is 1.79. The molecule has 0 saturated heterocycles. The summed E-state index contributed by atoms with van der Waals surface area (Å²) < 4.78 is 0. The van der Waals surface area contributed by atoms with Gasteiger partial charge in [-0.2, -0.15) is 0 Å². The Morgan fingerprint density at radius 1 is 1.28 bits per heavy atom. The largest absolute Gasteiger partial charge is 0.480 e. The summed E-state index contributed by atoms with van der Waals surface area (Å²) in [5.41, 5.74) is 9.01. The fourth-order valence-corrected chi connectivity index (χ4v) is 2.21. The minimum atomic E-state index is -0.823. The van der Waals surface area contributed by atoms with E-state index in [1.807, 2.05) is 11.0 Å². The van der Waals surface area contributed by atoms with Gasteiger partial charge >= 0.3 is 5.97 Å². The Kier molecular flexibility index (Phi) is 5.65. The molecule has 0 aliphatic rings. The first-order chi connectivity index (χ1) is 8.63. The zero-order chi connectivity index (χ0) is 13.5. The molecule has 0 atom stereocenters. The van der Waals surface area contributed by atoms with Gasteiger partial charge in [0.2, 0.25) is 0 Å². The molecule has 1 aromatic carbocycles. The van der Waals surface area contributed by atoms with E-state index in [2.05, 4.69) is 26.0 Å². The van der Waals surface area contributed by atoms with Gasteiger partial charge in [0, 0.05) is 18.8 Å². The van der Waals surface area contributed by atoms with Crippen molar-refractivity contribution in [1.82, 2.24) is 0 Å². The molecule has 18 heavy (non-hydrogen) atoms. The molecule has 0 spiro atoms. The van der Waals surface area contributed by atoms with Crippen molar-refractivity contribution in [2.75, 3.05) is 24.5 Å². The lowest BCUT2D eigenvalue weighted by Gasteiger charge is -2.27. The number of rotatable bonds is 7. The minimum absolute atomic E-state index is 0.00120. The molecule has 0 aliphatic heterocycles. The maximum atomic E-state index is 11.0. The fourth-order valence-electron chi connectivity index (χ4n) is 2.21. The lowest BCUT2D eigenvalue weighted by atomic mass is 10.0. The average molecular weight is 250 g/mol. The third-order valence-electron chi connectivity index (χ3n) is 3.01. The topological polar surface area (TPSA) is 66.6 Å². The number of aryl methyl sites for hydroxylation is 2. The molecule has 0 aromatic heterocycles. The van der Waals surface area contributed by atoms with Gasteiger partial charge in [0.05, 0.1) is 0 Å². The molecule has 0 bridgehead atoms. The minimum Gasteiger partial charge on any atom is -0.480 e. The zero-order valence-corrected chi connectivity index (χ0v) is 11.1. The average Bonchev–Trinajstić information content (AvgIpc) is 2.36. The van der Waals surface area contributed by atoms with Crippen LogP contribution < -0.4 is 10.6 Å². The van der Waals surface area contributed by atoms with Crippen LogP contribution in [0.25, 0.3) is 0 Å². The van der Waals surface area contributed by atoms with Crippen molar-refractivity contribution in [2.45, 2.75) is 26.7 Å². The molecule has 1 aromatic rings. The number of carbonyl (C=O) groups is 1. The monoisotopic (exact) mass is 250 g/mol. The van der Waals surface area contributed by atoms with Crippen molar-refractivity contribution in [3.05, 3.63) is 29.3 Å². The Morgan fingerprint density at radius 2 is 1.83 bits per heavy atom. The number of benzene rings is 1. The molecule has 0 fully saturated rings. The molecular formula is C14H22N2O2. The van der Waals surface area contributed by atoms with Crippen molar-refractivity contribution in [2.24, 2.45) is 5.73 Å². The highest BCUT2D eigenvalue weighted by Crippen LogP contribution is 2.26. The summed E-state index contributed by atoms with van der Waals surface area (Å²) in [4.78, 5) is 12.8. The van der Waals surface area contributed by atoms with Crippen LogP contribution >= 0.6 is 0 Å². The van der Waals surface area contributed by atoms with Crippen molar-refractivity contribution in [3.8, 4) is 0 Å². The molecule has 0 aliphatic carbocycles. The van der Waals surface area contributed by atoms with Gasteiger partial charge in [0.15, 0.2) is 0 Å². The normalized spacial score (nSPS) is 10.4. The molecule has 4 heteroatoms. The standard InChI is InChI=1S/C14H22N2O2/c1-3-11-6-5-7-12(4-2)14(11)16(9-8-15)10-13(17)18/h5-7H,3-4,8-10,15H2,1-2H3,(H,17,18). The third-order valence-corrected chi connectivity index (χ3v) is 3.01. The van der Waals surface area contributed by atoms with Gasteiger partial charge in [0.1, 0.15) is 6.54 Å². The highest BCUT2D eigenvalue weighted by molar-refractivity contribution is 5.75. The number of aliphatic carboxylic acids is 1. The van der Waals surface area contributed by atoms with E-state index < -0.39 is 5.97 Å². The van der Waals surface area contributed by atoms with Gasteiger partial charge in [0.25, 0.3) is 0 Å². The summed E-state index contributed by atoms with van der Waals surface area (Å²) in [6.45, 7) is 5.19. The summed E-state index contributed by atoms with van der Waals surface area (Å²) in [5.74, 6) is -0.823. The highest BCUT2D eigenvalue weighted by Gasteiger charge is 2.16. The van der Waals surface area contributed by atoms with Crippen LogP contribution in [-0.2, 0) is 17.6 Å². The second-order valence-electron chi connectivity index (χ2n) is 4.24. The maximum Gasteiger partial charge on any atom is 0.323 e. The van der Waals surface area contributed by atoms with Gasteiger partial charge in [-0.25, -0.2) is 0 Å². The van der Waals surface area contributed by atoms with Crippen LogP contribution in [0, 0.1) is 0 Å². The van der Waals surface area contributed by atoms with E-state index in [0.29, 0.717) is 13.1 Å². The van der Waals surface area contributed by atoms with E-state index in [0.717, 1.165) is 18.5 Å². The molecule has 0 heterocycles. The van der Waals surface area contributed by atoms with Crippen LogP contribution in [0.5, 0.6) is 0 Å². The molecule has 0 radical (unpaired) electrons. The van der Waals surface area contributed by atoms with Crippen molar-refractivity contribution >= 4 is 11.7 Å². The first-order valence-corrected chi connectivity index (χ1v) is 6.41. The Labute approximate surface area is 108 Å². The van der Waals surface area contributed by atoms with Gasteiger partial charge < -0.3 is 15.7 Å². The van der Waals surface area contributed by atoms with Gasteiger partial charge in [-0.3, -0.25) is 4.79 Å². The first-order valence-electron chi connectivity index (χ1n) is 6.41. The molecule has 0 amide bonds. The van der Waals surface area contributed by atoms with E-state index in [4.69, 9.17) is 10.8 Å². The maximum absolute atomic E-state index is 11.0. The number of nitrogens with zero attached hydrogens (tertiary/aromatic N) is 1. The van der Waals surface area contributed by atoms with E-state index in [-0.39, 0.29) is 6.54 Å². The summed E-state index contributed by atoms with van der Waals surface area (Å²) >= 11 is 0. The Balaban J connectivity index is 3.18. The number of nitrogens with two attached hydrogens (primary N) is 1. The molecule has 0 unspecified atom stereocenters. The van der Waals surface area contributed by atoms with Crippen LogP contribution in [-0.4, -0.2) is 30.7 Å². The van der Waals surface area contributed by atoms with Crippen LogP contribution in [0.4, 0.5) is 5.69 Å². The van der Waals surface area contributed by atoms with Gasteiger partial charge in [-0.15, -0.1) is 0 Å². The lowest BCUT2D eigenvalue weighted by molar-refractivity contribution is -0.135. The lowest BCUT2D eigenvalue weighted by Crippen LogP contribution is -2.35. The molecule has 4 nitrogen and oxygen atoms in total. The van der Waals surface area contributed by atoms with Crippen LogP contribution in [0.15, 0.2) is 18.2 Å². The predicted octanol–water partition coefficient (Wildman–Crippen LogP) is 1.66. The quantitative estimate of drug-likeness (QED) is 0.772. The molecular weight excluding hydrogens is 228 g/mol. The zero-order valence-electron chi connectivity index (χ0n) is 11.1. The number of para-hydroxylation sites is 1. The number of anilines is 1. The van der Waals surface area contributed by atoms with Crippen molar-refractivity contribution in [3.63, 3.8) is 0 Å². The second-order valence-corrected chi connectivity index (χ2v) is 4.24. The van der Waals surface area contributed by atoms with Crippen LogP contribution in [0.3, 0.4) is 0 Å². The van der Waals surface area contributed by atoms with E-state index in [1.165, 1.54) is 11.1 Å². The number of carboxylic acid groups (broad SMARTS) is 1. The van der Waals surface area contributed by atoms with Gasteiger partial charge in [-0.05, 0) is 24.0 Å². The summed E-state index contributed by atoms with van der Waals surface area (Å²) in [6, 6.07) is 6.14.